The average molecular weight is 290 g/mol. The van der Waals surface area contributed by atoms with E-state index in [9.17, 15) is 0 Å². The quantitative estimate of drug-likeness (QED) is 0.857. The Morgan fingerprint density at radius 2 is 2.10 bits per heavy atom. The molecule has 2 heterocycles. The van der Waals surface area contributed by atoms with E-state index in [-0.39, 0.29) is 18.1 Å². The largest absolute Gasteiger partial charge is 0.396 e. The highest BCUT2D eigenvalue weighted by Gasteiger charge is 2.19. The van der Waals surface area contributed by atoms with Crippen LogP contribution in [0.2, 0.25) is 0 Å². The second-order valence-electron chi connectivity index (χ2n) is 6.60. The number of nitrogens with one attached hydrogen (secondary N) is 1. The van der Waals surface area contributed by atoms with E-state index in [1.807, 2.05) is 23.7 Å². The fraction of sp³-hybridized carbons (Fsp3) is 0.625. The van der Waals surface area contributed by atoms with Crippen molar-refractivity contribution in [1.29, 1.82) is 0 Å². The minimum absolute atomic E-state index is 0.0801. The molecule has 21 heavy (non-hydrogen) atoms. The standard InChI is InChI=1S/C16H26N4O/c1-11-8-15-17-9-14(13(3)20(15)19-11)12(2)18-10-16(4,5)6-7-21/h8-9,12,18,21H,6-7,10H2,1-5H3. The Balaban J connectivity index is 2.16. The molecule has 116 valence electrons. The molecule has 0 radical (unpaired) electrons. The maximum Gasteiger partial charge on any atom is 0.155 e. The van der Waals surface area contributed by atoms with E-state index < -0.39 is 0 Å². The number of nitrogens with zero attached hydrogens (tertiary/aromatic N) is 3. The summed E-state index contributed by atoms with van der Waals surface area (Å²) in [5.41, 5.74) is 4.23. The van der Waals surface area contributed by atoms with Gasteiger partial charge in [0.25, 0.3) is 0 Å². The predicted molar refractivity (Wildman–Crippen MR) is 84.4 cm³/mol. The lowest BCUT2D eigenvalue weighted by atomic mass is 9.89. The summed E-state index contributed by atoms with van der Waals surface area (Å²) in [4.78, 5) is 4.49. The Bertz CT molecular complexity index is 618. The van der Waals surface area contributed by atoms with E-state index in [2.05, 4.69) is 43.1 Å². The Kier molecular flexibility index (Phi) is 4.64. The number of hydrogen-bond acceptors (Lipinski definition) is 4. The first kappa shape index (κ1) is 15.9. The lowest BCUT2D eigenvalue weighted by molar-refractivity contribution is 0.203. The Labute approximate surface area is 126 Å². The number of aliphatic hydroxyl groups is 1. The zero-order valence-corrected chi connectivity index (χ0v) is 13.6. The van der Waals surface area contributed by atoms with Gasteiger partial charge in [-0.15, -0.1) is 0 Å². The minimum atomic E-state index is 0.0801. The van der Waals surface area contributed by atoms with Gasteiger partial charge in [-0.3, -0.25) is 0 Å². The van der Waals surface area contributed by atoms with E-state index in [1.165, 1.54) is 0 Å². The molecular weight excluding hydrogens is 264 g/mol. The van der Waals surface area contributed by atoms with Gasteiger partial charge in [-0.25, -0.2) is 9.50 Å². The smallest absolute Gasteiger partial charge is 0.155 e. The van der Waals surface area contributed by atoms with Crippen molar-refractivity contribution in [3.8, 4) is 0 Å². The normalized spacial score (nSPS) is 13.8. The summed E-state index contributed by atoms with van der Waals surface area (Å²) in [7, 11) is 0. The van der Waals surface area contributed by atoms with Gasteiger partial charge in [0, 0.05) is 42.7 Å². The predicted octanol–water partition coefficient (Wildman–Crippen LogP) is 2.41. The molecule has 0 spiro atoms. The van der Waals surface area contributed by atoms with Crippen LogP contribution >= 0.6 is 0 Å². The SMILES string of the molecule is Cc1cc2ncc(C(C)NCC(C)(C)CCO)c(C)n2n1. The molecule has 0 aromatic carbocycles. The monoisotopic (exact) mass is 290 g/mol. The number of aliphatic hydroxyl groups excluding tert-OH is 1. The number of aryl methyl sites for hydroxylation is 2. The molecule has 2 aromatic rings. The van der Waals surface area contributed by atoms with E-state index in [4.69, 9.17) is 5.11 Å². The minimum Gasteiger partial charge on any atom is -0.396 e. The average Bonchev–Trinajstić information content (AvgIpc) is 2.78. The van der Waals surface area contributed by atoms with Crippen LogP contribution in [-0.2, 0) is 0 Å². The summed E-state index contributed by atoms with van der Waals surface area (Å²) in [6, 6.07) is 2.18. The highest BCUT2D eigenvalue weighted by atomic mass is 16.3. The van der Waals surface area contributed by atoms with Crippen LogP contribution < -0.4 is 5.32 Å². The van der Waals surface area contributed by atoms with E-state index in [0.717, 1.165) is 35.6 Å². The molecule has 0 aliphatic heterocycles. The highest BCUT2D eigenvalue weighted by Crippen LogP contribution is 2.22. The van der Waals surface area contributed by atoms with Crippen molar-refractivity contribution in [3.05, 3.63) is 29.2 Å². The molecule has 5 nitrogen and oxygen atoms in total. The molecule has 0 bridgehead atoms. The third kappa shape index (κ3) is 3.60. The van der Waals surface area contributed by atoms with Gasteiger partial charge >= 0.3 is 0 Å². The van der Waals surface area contributed by atoms with Gasteiger partial charge in [0.05, 0.1) is 5.69 Å². The van der Waals surface area contributed by atoms with Gasteiger partial charge in [0.1, 0.15) is 0 Å². The third-order valence-electron chi connectivity index (χ3n) is 4.03. The summed E-state index contributed by atoms with van der Waals surface area (Å²) in [5, 5.41) is 17.1. The van der Waals surface area contributed by atoms with Crippen molar-refractivity contribution in [2.75, 3.05) is 13.2 Å². The van der Waals surface area contributed by atoms with Crippen LogP contribution in [0, 0.1) is 19.3 Å². The molecule has 2 rings (SSSR count). The van der Waals surface area contributed by atoms with Crippen LogP contribution in [-0.4, -0.2) is 32.9 Å². The maximum absolute atomic E-state index is 9.10. The molecule has 1 unspecified atom stereocenters. The number of fused-ring (bicyclic) bond motifs is 1. The summed E-state index contributed by atoms with van der Waals surface area (Å²) in [5.74, 6) is 0. The van der Waals surface area contributed by atoms with Crippen LogP contribution in [0.1, 0.15) is 50.2 Å². The number of aromatic nitrogens is 3. The number of hydrogen-bond donors (Lipinski definition) is 2. The van der Waals surface area contributed by atoms with Gasteiger partial charge < -0.3 is 10.4 Å². The summed E-state index contributed by atoms with van der Waals surface area (Å²) in [6.45, 7) is 11.6. The molecule has 0 fully saturated rings. The molecule has 0 saturated carbocycles. The van der Waals surface area contributed by atoms with Crippen molar-refractivity contribution in [3.63, 3.8) is 0 Å². The lowest BCUT2D eigenvalue weighted by Crippen LogP contribution is -2.32. The maximum atomic E-state index is 9.10. The van der Waals surface area contributed by atoms with Gasteiger partial charge in [-0.05, 0) is 32.6 Å². The van der Waals surface area contributed by atoms with Crippen LogP contribution in [0.3, 0.4) is 0 Å². The number of rotatable bonds is 6. The molecule has 0 aliphatic carbocycles. The van der Waals surface area contributed by atoms with Gasteiger partial charge in [-0.1, -0.05) is 13.8 Å². The van der Waals surface area contributed by atoms with Gasteiger partial charge in [0.2, 0.25) is 0 Å². The van der Waals surface area contributed by atoms with Crippen molar-refractivity contribution in [2.24, 2.45) is 5.41 Å². The molecule has 2 aromatic heterocycles. The van der Waals surface area contributed by atoms with Crippen molar-refractivity contribution >= 4 is 5.65 Å². The summed E-state index contributed by atoms with van der Waals surface area (Å²) in [6.07, 6.45) is 2.73. The Hall–Kier alpha value is -1.46. The molecule has 0 amide bonds. The fourth-order valence-corrected chi connectivity index (χ4v) is 2.53. The van der Waals surface area contributed by atoms with E-state index in [0.29, 0.717) is 0 Å². The van der Waals surface area contributed by atoms with Gasteiger partial charge in [0.15, 0.2) is 5.65 Å². The fourth-order valence-electron chi connectivity index (χ4n) is 2.53. The van der Waals surface area contributed by atoms with Crippen LogP contribution in [0.5, 0.6) is 0 Å². The zero-order valence-electron chi connectivity index (χ0n) is 13.6. The van der Waals surface area contributed by atoms with Gasteiger partial charge in [-0.2, -0.15) is 5.10 Å². The van der Waals surface area contributed by atoms with E-state index in [1.54, 1.807) is 0 Å². The third-order valence-corrected chi connectivity index (χ3v) is 4.03. The highest BCUT2D eigenvalue weighted by molar-refractivity contribution is 5.42. The second-order valence-corrected chi connectivity index (χ2v) is 6.60. The Morgan fingerprint density at radius 3 is 2.76 bits per heavy atom. The summed E-state index contributed by atoms with van der Waals surface area (Å²) >= 11 is 0. The zero-order chi connectivity index (χ0) is 15.6. The second kappa shape index (κ2) is 6.12. The molecule has 5 heteroatoms. The van der Waals surface area contributed by atoms with Crippen molar-refractivity contribution in [2.45, 2.75) is 47.1 Å². The van der Waals surface area contributed by atoms with E-state index >= 15 is 0 Å². The first-order valence-electron chi connectivity index (χ1n) is 7.50. The first-order chi connectivity index (χ1) is 9.84. The lowest BCUT2D eigenvalue weighted by Gasteiger charge is -2.27. The van der Waals surface area contributed by atoms with Crippen molar-refractivity contribution < 1.29 is 5.11 Å². The van der Waals surface area contributed by atoms with Crippen LogP contribution in [0.25, 0.3) is 5.65 Å². The Morgan fingerprint density at radius 1 is 1.38 bits per heavy atom. The van der Waals surface area contributed by atoms with Crippen molar-refractivity contribution in [1.82, 2.24) is 19.9 Å². The molecular formula is C16H26N4O. The summed E-state index contributed by atoms with van der Waals surface area (Å²) < 4.78 is 1.90. The molecule has 2 N–H and O–H groups in total. The first-order valence-corrected chi connectivity index (χ1v) is 7.50. The molecule has 1 atom stereocenters. The molecule has 0 saturated heterocycles. The molecule has 0 aliphatic rings. The van der Waals surface area contributed by atoms with Crippen LogP contribution in [0.4, 0.5) is 0 Å². The topological polar surface area (TPSA) is 62.5 Å². The van der Waals surface area contributed by atoms with Crippen LogP contribution in [0.15, 0.2) is 12.3 Å².